The van der Waals surface area contributed by atoms with E-state index in [9.17, 15) is 0 Å². The molecule has 0 unspecified atom stereocenters. The summed E-state index contributed by atoms with van der Waals surface area (Å²) in [6, 6.07) is 3.90. The van der Waals surface area contributed by atoms with Gasteiger partial charge in [-0.2, -0.15) is 0 Å². The highest BCUT2D eigenvalue weighted by Gasteiger charge is 2.15. The van der Waals surface area contributed by atoms with Gasteiger partial charge in [-0.05, 0) is 12.1 Å². The summed E-state index contributed by atoms with van der Waals surface area (Å²) in [6.45, 7) is 2.40. The van der Waals surface area contributed by atoms with Gasteiger partial charge in [-0.15, -0.1) is 0 Å². The van der Waals surface area contributed by atoms with Gasteiger partial charge in [0.15, 0.2) is 0 Å². The fourth-order valence-electron chi connectivity index (χ4n) is 1.27. The molecule has 0 aromatic carbocycles. The van der Waals surface area contributed by atoms with Gasteiger partial charge < -0.3 is 10.1 Å². The first-order valence-corrected chi connectivity index (χ1v) is 4.11. The van der Waals surface area contributed by atoms with Crippen molar-refractivity contribution in [1.82, 2.24) is 10.3 Å². The van der Waals surface area contributed by atoms with Crippen molar-refractivity contribution in [3.63, 3.8) is 0 Å². The number of aromatic nitrogens is 1. The van der Waals surface area contributed by atoms with Crippen molar-refractivity contribution in [2.24, 2.45) is 0 Å². The summed E-state index contributed by atoms with van der Waals surface area (Å²) in [4.78, 5) is 4.18. The lowest BCUT2D eigenvalue weighted by atomic mass is 10.2. The average molecular weight is 165 g/mol. The van der Waals surface area contributed by atoms with Crippen molar-refractivity contribution in [3.8, 4) is 0 Å². The fraction of sp³-hybridized carbons (Fsp3) is 0.444. The molecule has 0 aliphatic carbocycles. The summed E-state index contributed by atoms with van der Waals surface area (Å²) in [5, 5.41) is 3.23. The van der Waals surface area contributed by atoms with E-state index >= 15 is 0 Å². The van der Waals surface area contributed by atoms with E-state index in [0.717, 1.165) is 18.8 Å². The number of ether oxygens (including phenoxy) is 1. The van der Waals surface area contributed by atoms with Gasteiger partial charge >= 0.3 is 0 Å². The maximum atomic E-state index is 7.44. The first-order valence-electron chi connectivity index (χ1n) is 4.61. The molecular formula is C9H12N2O. The smallest absolute Gasteiger partial charge is 0.112 e. The van der Waals surface area contributed by atoms with Gasteiger partial charge in [-0.3, -0.25) is 4.98 Å². The van der Waals surface area contributed by atoms with Crippen molar-refractivity contribution in [2.75, 3.05) is 19.7 Å². The first kappa shape index (κ1) is 6.57. The molecule has 64 valence electrons. The molecule has 3 nitrogen and oxygen atoms in total. The molecule has 1 aromatic heterocycles. The zero-order valence-electron chi connectivity index (χ0n) is 7.79. The maximum Gasteiger partial charge on any atom is 0.112 e. The number of nitrogens with zero attached hydrogens (tertiary/aromatic N) is 1. The van der Waals surface area contributed by atoms with Crippen LogP contribution in [0.15, 0.2) is 24.4 Å². The molecule has 0 radical (unpaired) electrons. The lowest BCUT2D eigenvalue weighted by Gasteiger charge is -2.22. The Morgan fingerprint density at radius 1 is 1.75 bits per heavy atom. The van der Waals surface area contributed by atoms with Crippen LogP contribution in [0.5, 0.6) is 0 Å². The number of hydrogen-bond acceptors (Lipinski definition) is 3. The molecule has 1 fully saturated rings. The predicted octanol–water partition coefficient (Wildman–Crippen LogP) is 0.742. The van der Waals surface area contributed by atoms with E-state index in [1.165, 1.54) is 0 Å². The summed E-state index contributed by atoms with van der Waals surface area (Å²) in [7, 11) is 0. The molecule has 12 heavy (non-hydrogen) atoms. The molecule has 0 bridgehead atoms. The Morgan fingerprint density at radius 2 is 2.75 bits per heavy atom. The normalized spacial score (nSPS) is 25.0. The Labute approximate surface area is 73.2 Å². The number of hydrogen-bond donors (Lipinski definition) is 1. The van der Waals surface area contributed by atoms with Crippen LogP contribution in [0.4, 0.5) is 0 Å². The van der Waals surface area contributed by atoms with Crippen LogP contribution in [0.1, 0.15) is 13.2 Å². The SMILES string of the molecule is [2H]c1ccnc([C@H]2CNCCO2)c1. The summed E-state index contributed by atoms with van der Waals surface area (Å²) < 4.78 is 12.9. The van der Waals surface area contributed by atoms with Gasteiger partial charge in [0.1, 0.15) is 6.10 Å². The number of nitrogens with one attached hydrogen (secondary N) is 1. The Balaban J connectivity index is 2.14. The zero-order chi connectivity index (χ0) is 9.10. The molecule has 0 saturated carbocycles. The highest BCUT2D eigenvalue weighted by Crippen LogP contribution is 2.14. The van der Waals surface area contributed by atoms with Crippen molar-refractivity contribution >= 4 is 0 Å². The largest absolute Gasteiger partial charge is 0.369 e. The average Bonchev–Trinajstić information content (AvgIpc) is 2.19. The fourth-order valence-corrected chi connectivity index (χ4v) is 1.27. The van der Waals surface area contributed by atoms with E-state index in [0.29, 0.717) is 12.6 Å². The molecule has 1 aromatic rings. The molecule has 1 aliphatic rings. The van der Waals surface area contributed by atoms with Gasteiger partial charge in [0.05, 0.1) is 13.7 Å². The second-order valence-electron chi connectivity index (χ2n) is 2.74. The number of rotatable bonds is 1. The predicted molar refractivity (Wildman–Crippen MR) is 45.8 cm³/mol. The third-order valence-corrected chi connectivity index (χ3v) is 1.88. The lowest BCUT2D eigenvalue weighted by Crippen LogP contribution is -2.33. The minimum Gasteiger partial charge on any atom is -0.369 e. The molecule has 1 N–H and O–H groups in total. The van der Waals surface area contributed by atoms with Crippen molar-refractivity contribution in [3.05, 3.63) is 30.1 Å². The lowest BCUT2D eigenvalue weighted by molar-refractivity contribution is 0.0250. The van der Waals surface area contributed by atoms with Gasteiger partial charge in [-0.1, -0.05) is 6.04 Å². The molecule has 0 amide bonds. The highest BCUT2D eigenvalue weighted by molar-refractivity contribution is 5.07. The third-order valence-electron chi connectivity index (χ3n) is 1.88. The quantitative estimate of drug-likeness (QED) is 0.666. The molecule has 2 rings (SSSR count). The van der Waals surface area contributed by atoms with Crippen molar-refractivity contribution in [2.45, 2.75) is 6.10 Å². The molecule has 1 atom stereocenters. The summed E-state index contributed by atoms with van der Waals surface area (Å²) in [5.41, 5.74) is 0.847. The van der Waals surface area contributed by atoms with E-state index in [1.54, 1.807) is 18.3 Å². The van der Waals surface area contributed by atoms with Gasteiger partial charge in [0.25, 0.3) is 0 Å². The topological polar surface area (TPSA) is 34.2 Å². The van der Waals surface area contributed by atoms with Crippen LogP contribution in [-0.4, -0.2) is 24.7 Å². The Bertz CT molecular complexity index is 287. The molecular weight excluding hydrogens is 152 g/mol. The van der Waals surface area contributed by atoms with Crippen LogP contribution in [-0.2, 0) is 4.74 Å². The van der Waals surface area contributed by atoms with Crippen LogP contribution < -0.4 is 5.32 Å². The van der Waals surface area contributed by atoms with Crippen molar-refractivity contribution < 1.29 is 6.11 Å². The second kappa shape index (κ2) is 3.65. The molecule has 3 heteroatoms. The van der Waals surface area contributed by atoms with Gasteiger partial charge in [0.2, 0.25) is 0 Å². The maximum absolute atomic E-state index is 7.44. The van der Waals surface area contributed by atoms with E-state index < -0.39 is 0 Å². The van der Waals surface area contributed by atoms with Gasteiger partial charge in [-0.25, -0.2) is 0 Å². The van der Waals surface area contributed by atoms with E-state index in [1.807, 2.05) is 0 Å². The van der Waals surface area contributed by atoms with E-state index in [-0.39, 0.29) is 6.10 Å². The third kappa shape index (κ3) is 1.62. The van der Waals surface area contributed by atoms with E-state index in [4.69, 9.17) is 6.11 Å². The molecule has 2 heterocycles. The molecule has 1 saturated heterocycles. The summed E-state index contributed by atoms with van der Waals surface area (Å²) >= 11 is 0. The van der Waals surface area contributed by atoms with Crippen LogP contribution in [0, 0.1) is 0 Å². The van der Waals surface area contributed by atoms with Crippen LogP contribution >= 0.6 is 0 Å². The summed E-state index contributed by atoms with van der Waals surface area (Å²) in [6.07, 6.45) is 1.66. The number of pyridine rings is 1. The monoisotopic (exact) mass is 165 g/mol. The summed E-state index contributed by atoms with van der Waals surface area (Å²) in [5.74, 6) is 0. The Hall–Kier alpha value is -0.930. The highest BCUT2D eigenvalue weighted by atomic mass is 16.5. The molecule has 1 aliphatic heterocycles. The zero-order valence-corrected chi connectivity index (χ0v) is 6.79. The minimum absolute atomic E-state index is 0.0130. The number of morpholine rings is 1. The van der Waals surface area contributed by atoms with Crippen LogP contribution in [0.2, 0.25) is 0 Å². The Morgan fingerprint density at radius 3 is 3.50 bits per heavy atom. The van der Waals surface area contributed by atoms with Crippen molar-refractivity contribution in [1.29, 1.82) is 0 Å². The second-order valence-corrected chi connectivity index (χ2v) is 2.74. The van der Waals surface area contributed by atoms with Gasteiger partial charge in [0, 0.05) is 19.3 Å². The van der Waals surface area contributed by atoms with Crippen LogP contribution in [0.25, 0.3) is 0 Å². The molecule has 0 spiro atoms. The minimum atomic E-state index is 0.0130. The standard InChI is InChI=1S/C9H12N2O/c1-2-4-11-8(3-1)9-7-10-5-6-12-9/h1-4,9-10H,5-7H2/t9-/m1/s1/i1D. The Kier molecular flexibility index (Phi) is 2.00. The van der Waals surface area contributed by atoms with E-state index in [2.05, 4.69) is 10.3 Å². The first-order chi connectivity index (χ1) is 6.36. The van der Waals surface area contributed by atoms with Crippen LogP contribution in [0.3, 0.4) is 0 Å².